The van der Waals surface area contributed by atoms with E-state index in [1.165, 1.54) is 18.9 Å². The van der Waals surface area contributed by atoms with Crippen LogP contribution in [0.25, 0.3) is 0 Å². The number of ether oxygens (including phenoxy) is 1. The number of hydrogen-bond acceptors (Lipinski definition) is 2. The minimum Gasteiger partial charge on any atom is -0.454 e. The lowest BCUT2D eigenvalue weighted by atomic mass is 9.79. The van der Waals surface area contributed by atoms with Gasteiger partial charge in [0, 0.05) is 6.92 Å². The molecule has 0 heterocycles. The van der Waals surface area contributed by atoms with E-state index in [0.717, 1.165) is 31.2 Å². The van der Waals surface area contributed by atoms with Gasteiger partial charge in [-0.2, -0.15) is 0 Å². The van der Waals surface area contributed by atoms with Gasteiger partial charge in [0.05, 0.1) is 0 Å². The highest BCUT2D eigenvalue weighted by Crippen LogP contribution is 2.40. The molecule has 0 aromatic heterocycles. The summed E-state index contributed by atoms with van der Waals surface area (Å²) in [4.78, 5) is 11.3. The van der Waals surface area contributed by atoms with Crippen molar-refractivity contribution >= 4 is 5.97 Å². The second-order valence-corrected chi connectivity index (χ2v) is 5.01. The van der Waals surface area contributed by atoms with Gasteiger partial charge in [0.15, 0.2) is 0 Å². The van der Waals surface area contributed by atoms with Crippen molar-refractivity contribution in [1.29, 1.82) is 0 Å². The summed E-state index contributed by atoms with van der Waals surface area (Å²) < 4.78 is 5.67. The second kappa shape index (κ2) is 4.91. The van der Waals surface area contributed by atoms with Crippen LogP contribution in [-0.4, -0.2) is 5.97 Å². The topological polar surface area (TPSA) is 26.3 Å². The van der Waals surface area contributed by atoms with Gasteiger partial charge in [0.1, 0.15) is 5.60 Å². The zero-order chi connectivity index (χ0) is 12.3. The summed E-state index contributed by atoms with van der Waals surface area (Å²) in [7, 11) is 0. The first-order valence-corrected chi connectivity index (χ1v) is 6.39. The van der Waals surface area contributed by atoms with Crippen LogP contribution in [0.3, 0.4) is 0 Å². The molecule has 0 radical (unpaired) electrons. The Morgan fingerprint density at radius 3 is 2.24 bits per heavy atom. The third-order valence-corrected chi connectivity index (χ3v) is 3.58. The Balaban J connectivity index is 2.31. The molecule has 17 heavy (non-hydrogen) atoms. The fourth-order valence-electron chi connectivity index (χ4n) is 2.70. The Bertz CT molecular complexity index is 386. The van der Waals surface area contributed by atoms with Crippen LogP contribution in [0.4, 0.5) is 0 Å². The van der Waals surface area contributed by atoms with E-state index in [1.54, 1.807) is 0 Å². The molecule has 1 aromatic carbocycles. The maximum Gasteiger partial charge on any atom is 0.303 e. The standard InChI is InChI=1S/C15H20O2/c1-12-6-8-14(9-7-12)15(17-13(2)16)10-4-3-5-11-15/h6-9H,3-5,10-11H2,1-2H3. The molecular weight excluding hydrogens is 212 g/mol. The van der Waals surface area contributed by atoms with Gasteiger partial charge >= 0.3 is 5.97 Å². The molecule has 0 amide bonds. The fourth-order valence-corrected chi connectivity index (χ4v) is 2.70. The maximum atomic E-state index is 11.3. The van der Waals surface area contributed by atoms with Crippen molar-refractivity contribution < 1.29 is 9.53 Å². The van der Waals surface area contributed by atoms with Crippen LogP contribution in [0, 0.1) is 6.92 Å². The lowest BCUT2D eigenvalue weighted by molar-refractivity contribution is -0.162. The third kappa shape index (κ3) is 2.68. The lowest BCUT2D eigenvalue weighted by Crippen LogP contribution is -2.34. The number of rotatable bonds is 2. The number of carbonyl (C=O) groups excluding carboxylic acids is 1. The molecule has 0 bridgehead atoms. The first-order chi connectivity index (χ1) is 8.12. The van der Waals surface area contributed by atoms with E-state index in [-0.39, 0.29) is 11.6 Å². The molecule has 0 N–H and O–H groups in total. The van der Waals surface area contributed by atoms with Crippen LogP contribution >= 0.6 is 0 Å². The highest BCUT2D eigenvalue weighted by Gasteiger charge is 2.36. The van der Waals surface area contributed by atoms with Crippen molar-refractivity contribution in [3.05, 3.63) is 35.4 Å². The SMILES string of the molecule is CC(=O)OC1(c2ccc(C)cc2)CCCCC1. The maximum absolute atomic E-state index is 11.3. The van der Waals surface area contributed by atoms with E-state index in [4.69, 9.17) is 4.74 Å². The predicted octanol–water partition coefficient (Wildman–Crippen LogP) is 3.72. The van der Waals surface area contributed by atoms with Gasteiger partial charge < -0.3 is 4.74 Å². The van der Waals surface area contributed by atoms with Crippen molar-refractivity contribution in [2.45, 2.75) is 51.6 Å². The Morgan fingerprint density at radius 2 is 1.71 bits per heavy atom. The molecule has 0 unspecified atom stereocenters. The molecule has 2 heteroatoms. The summed E-state index contributed by atoms with van der Waals surface area (Å²) >= 11 is 0. The first kappa shape index (κ1) is 12.2. The first-order valence-electron chi connectivity index (χ1n) is 6.39. The van der Waals surface area contributed by atoms with Crippen molar-refractivity contribution in [1.82, 2.24) is 0 Å². The van der Waals surface area contributed by atoms with Gasteiger partial charge in [-0.25, -0.2) is 0 Å². The number of hydrogen-bond donors (Lipinski definition) is 0. The summed E-state index contributed by atoms with van der Waals surface area (Å²) in [6, 6.07) is 8.39. The molecule has 0 atom stereocenters. The predicted molar refractivity (Wildman–Crippen MR) is 67.7 cm³/mol. The van der Waals surface area contributed by atoms with E-state index in [9.17, 15) is 4.79 Å². The molecular formula is C15H20O2. The minimum absolute atomic E-state index is 0.174. The summed E-state index contributed by atoms with van der Waals surface area (Å²) in [5.74, 6) is -0.174. The third-order valence-electron chi connectivity index (χ3n) is 3.58. The Morgan fingerprint density at radius 1 is 1.12 bits per heavy atom. The Labute approximate surface area is 103 Å². The van der Waals surface area contributed by atoms with Crippen molar-refractivity contribution in [2.24, 2.45) is 0 Å². The largest absolute Gasteiger partial charge is 0.454 e. The molecule has 92 valence electrons. The van der Waals surface area contributed by atoms with E-state index in [2.05, 4.69) is 31.2 Å². The van der Waals surface area contributed by atoms with Gasteiger partial charge in [-0.1, -0.05) is 36.2 Å². The number of carbonyl (C=O) groups is 1. The molecule has 0 saturated heterocycles. The molecule has 1 saturated carbocycles. The van der Waals surface area contributed by atoms with Crippen molar-refractivity contribution in [3.63, 3.8) is 0 Å². The van der Waals surface area contributed by atoms with Gasteiger partial charge in [0.25, 0.3) is 0 Å². The second-order valence-electron chi connectivity index (χ2n) is 5.01. The van der Waals surface area contributed by atoms with Gasteiger partial charge in [-0.05, 0) is 38.2 Å². The Hall–Kier alpha value is -1.31. The summed E-state index contributed by atoms with van der Waals surface area (Å²) in [5.41, 5.74) is 2.03. The molecule has 2 nitrogen and oxygen atoms in total. The van der Waals surface area contributed by atoms with Crippen LogP contribution < -0.4 is 0 Å². The molecule has 1 aliphatic carbocycles. The average Bonchev–Trinajstić information content (AvgIpc) is 2.30. The summed E-state index contributed by atoms with van der Waals surface area (Å²) in [6.45, 7) is 3.58. The highest BCUT2D eigenvalue weighted by atomic mass is 16.6. The zero-order valence-electron chi connectivity index (χ0n) is 10.7. The number of benzene rings is 1. The summed E-state index contributed by atoms with van der Waals surface area (Å²) in [5, 5.41) is 0. The fraction of sp³-hybridized carbons (Fsp3) is 0.533. The van der Waals surface area contributed by atoms with E-state index >= 15 is 0 Å². The quantitative estimate of drug-likeness (QED) is 0.726. The van der Waals surface area contributed by atoms with E-state index in [1.807, 2.05) is 0 Å². The molecule has 0 spiro atoms. The van der Waals surface area contributed by atoms with E-state index < -0.39 is 0 Å². The van der Waals surface area contributed by atoms with Crippen LogP contribution in [0.5, 0.6) is 0 Å². The monoisotopic (exact) mass is 232 g/mol. The van der Waals surface area contributed by atoms with Crippen LogP contribution in [-0.2, 0) is 15.1 Å². The highest BCUT2D eigenvalue weighted by molar-refractivity contribution is 5.67. The molecule has 0 aliphatic heterocycles. The Kier molecular flexibility index (Phi) is 3.51. The molecule has 2 rings (SSSR count). The van der Waals surface area contributed by atoms with Crippen molar-refractivity contribution in [2.75, 3.05) is 0 Å². The average molecular weight is 232 g/mol. The van der Waals surface area contributed by atoms with Crippen molar-refractivity contribution in [3.8, 4) is 0 Å². The van der Waals surface area contributed by atoms with Gasteiger partial charge in [-0.3, -0.25) is 4.79 Å². The van der Waals surface area contributed by atoms with Crippen LogP contribution in [0.15, 0.2) is 24.3 Å². The smallest absolute Gasteiger partial charge is 0.303 e. The van der Waals surface area contributed by atoms with Gasteiger partial charge in [0.2, 0.25) is 0 Å². The van der Waals surface area contributed by atoms with Gasteiger partial charge in [-0.15, -0.1) is 0 Å². The normalized spacial score (nSPS) is 18.7. The minimum atomic E-state index is -0.363. The number of aryl methyl sites for hydroxylation is 1. The van der Waals surface area contributed by atoms with Crippen LogP contribution in [0.1, 0.15) is 50.2 Å². The number of esters is 1. The lowest BCUT2D eigenvalue weighted by Gasteiger charge is -2.37. The zero-order valence-corrected chi connectivity index (χ0v) is 10.7. The van der Waals surface area contributed by atoms with E-state index in [0.29, 0.717) is 0 Å². The summed E-state index contributed by atoms with van der Waals surface area (Å²) in [6.07, 6.45) is 5.43. The molecule has 1 aromatic rings. The van der Waals surface area contributed by atoms with Crippen LogP contribution in [0.2, 0.25) is 0 Å². The molecule has 1 fully saturated rings. The molecule has 1 aliphatic rings.